The van der Waals surface area contributed by atoms with Crippen molar-refractivity contribution in [2.24, 2.45) is 0 Å². The normalized spacial score (nSPS) is 21.9. The Hall–Kier alpha value is -0.610. The summed E-state index contributed by atoms with van der Waals surface area (Å²) >= 11 is 0. The van der Waals surface area contributed by atoms with Gasteiger partial charge in [-0.2, -0.15) is 0 Å². The number of hydrogen-bond acceptors (Lipinski definition) is 3. The minimum atomic E-state index is 0.0869. The number of amides is 1. The quantitative estimate of drug-likeness (QED) is 0.628. The minimum Gasteiger partial charge on any atom is -0.395 e. The molecule has 15 heavy (non-hydrogen) atoms. The van der Waals surface area contributed by atoms with E-state index in [1.807, 2.05) is 0 Å². The molecule has 1 heterocycles. The molecule has 4 nitrogen and oxygen atoms in total. The summed E-state index contributed by atoms with van der Waals surface area (Å²) in [7, 11) is 0. The highest BCUT2D eigenvalue weighted by Gasteiger charge is 2.24. The number of aliphatic hydroxyl groups excluding tert-OH is 1. The van der Waals surface area contributed by atoms with Crippen LogP contribution in [-0.4, -0.2) is 48.2 Å². The summed E-state index contributed by atoms with van der Waals surface area (Å²) < 4.78 is 0. The van der Waals surface area contributed by atoms with Crippen molar-refractivity contribution in [3.63, 3.8) is 0 Å². The topological polar surface area (TPSA) is 52.6 Å². The minimum absolute atomic E-state index is 0.0869. The summed E-state index contributed by atoms with van der Waals surface area (Å²) in [6, 6.07) is 0.196. The lowest BCUT2D eigenvalue weighted by Crippen LogP contribution is -2.41. The molecule has 2 N–H and O–H groups in total. The van der Waals surface area contributed by atoms with E-state index in [1.54, 1.807) is 0 Å². The van der Waals surface area contributed by atoms with Crippen molar-refractivity contribution >= 4 is 5.91 Å². The Kier molecular flexibility index (Phi) is 5.65. The van der Waals surface area contributed by atoms with Gasteiger partial charge in [0.2, 0.25) is 5.91 Å². The maximum absolute atomic E-state index is 11.5. The summed E-state index contributed by atoms with van der Waals surface area (Å²) in [5.41, 5.74) is 0. The average Bonchev–Trinajstić information content (AvgIpc) is 2.65. The van der Waals surface area contributed by atoms with Gasteiger partial charge in [-0.1, -0.05) is 13.3 Å². The maximum atomic E-state index is 11.5. The lowest BCUT2D eigenvalue weighted by molar-refractivity contribution is -0.122. The Morgan fingerprint density at radius 1 is 1.60 bits per heavy atom. The predicted octanol–water partition coefficient (Wildman–Crippen LogP) is 0.359. The molecule has 88 valence electrons. The van der Waals surface area contributed by atoms with Crippen LogP contribution in [-0.2, 0) is 4.79 Å². The number of hydrogen-bond donors (Lipinski definition) is 2. The smallest absolute Gasteiger partial charge is 0.234 e. The Morgan fingerprint density at radius 3 is 3.07 bits per heavy atom. The molecule has 0 bridgehead atoms. The number of rotatable bonds is 6. The molecule has 1 unspecified atom stereocenters. The Balaban J connectivity index is 2.19. The van der Waals surface area contributed by atoms with E-state index in [0.717, 1.165) is 38.8 Å². The van der Waals surface area contributed by atoms with Gasteiger partial charge in [-0.3, -0.25) is 9.69 Å². The molecule has 1 rings (SSSR count). The van der Waals surface area contributed by atoms with Gasteiger partial charge in [-0.25, -0.2) is 0 Å². The van der Waals surface area contributed by atoms with Gasteiger partial charge in [0.25, 0.3) is 0 Å². The monoisotopic (exact) mass is 214 g/mol. The number of nitrogens with zero attached hydrogens (tertiary/aromatic N) is 1. The Morgan fingerprint density at radius 2 is 2.40 bits per heavy atom. The van der Waals surface area contributed by atoms with E-state index in [2.05, 4.69) is 17.1 Å². The SMILES string of the molecule is CCCCNC(=O)CN1CCCC1CO. The van der Waals surface area contributed by atoms with Crippen molar-refractivity contribution in [3.05, 3.63) is 0 Å². The van der Waals surface area contributed by atoms with E-state index < -0.39 is 0 Å². The molecule has 1 saturated heterocycles. The second-order valence-corrected chi connectivity index (χ2v) is 4.15. The van der Waals surface area contributed by atoms with Crippen LogP contribution in [0.25, 0.3) is 0 Å². The third-order valence-electron chi connectivity index (χ3n) is 2.91. The van der Waals surface area contributed by atoms with Crippen LogP contribution in [0.2, 0.25) is 0 Å². The molecule has 1 fully saturated rings. The molecule has 4 heteroatoms. The first-order chi connectivity index (χ1) is 7.27. The van der Waals surface area contributed by atoms with Crippen LogP contribution in [0.3, 0.4) is 0 Å². The summed E-state index contributed by atoms with van der Waals surface area (Å²) in [5.74, 6) is 0.0869. The van der Waals surface area contributed by atoms with Crippen LogP contribution in [0, 0.1) is 0 Å². The van der Waals surface area contributed by atoms with Crippen molar-refractivity contribution in [1.29, 1.82) is 0 Å². The molecular formula is C11H22N2O2. The zero-order valence-electron chi connectivity index (χ0n) is 9.54. The third kappa shape index (κ3) is 4.18. The van der Waals surface area contributed by atoms with Crippen molar-refractivity contribution < 1.29 is 9.90 Å². The first-order valence-corrected chi connectivity index (χ1v) is 5.89. The molecule has 1 amide bonds. The fourth-order valence-electron chi connectivity index (χ4n) is 1.96. The molecule has 0 aromatic rings. The molecular weight excluding hydrogens is 192 g/mol. The Bertz CT molecular complexity index is 197. The molecule has 0 radical (unpaired) electrons. The standard InChI is InChI=1S/C11H22N2O2/c1-2-3-6-12-11(15)8-13-7-4-5-10(13)9-14/h10,14H,2-9H2,1H3,(H,12,15). The van der Waals surface area contributed by atoms with Gasteiger partial charge in [0.15, 0.2) is 0 Å². The van der Waals surface area contributed by atoms with E-state index in [-0.39, 0.29) is 18.6 Å². The number of likely N-dealkylation sites (tertiary alicyclic amines) is 1. The summed E-state index contributed by atoms with van der Waals surface area (Å²) in [5, 5.41) is 12.0. The highest BCUT2D eigenvalue weighted by Crippen LogP contribution is 2.15. The number of carbonyl (C=O) groups is 1. The molecule has 0 aromatic carbocycles. The van der Waals surface area contributed by atoms with Gasteiger partial charge >= 0.3 is 0 Å². The first-order valence-electron chi connectivity index (χ1n) is 5.89. The van der Waals surface area contributed by atoms with Gasteiger partial charge in [0.05, 0.1) is 13.2 Å². The largest absolute Gasteiger partial charge is 0.395 e. The zero-order chi connectivity index (χ0) is 11.1. The van der Waals surface area contributed by atoms with Crippen LogP contribution in [0.5, 0.6) is 0 Å². The summed E-state index contributed by atoms with van der Waals surface area (Å²) in [6.07, 6.45) is 4.24. The zero-order valence-corrected chi connectivity index (χ0v) is 9.54. The maximum Gasteiger partial charge on any atom is 0.234 e. The van der Waals surface area contributed by atoms with E-state index in [4.69, 9.17) is 5.11 Å². The third-order valence-corrected chi connectivity index (χ3v) is 2.91. The lowest BCUT2D eigenvalue weighted by Gasteiger charge is -2.21. The van der Waals surface area contributed by atoms with Gasteiger partial charge in [-0.15, -0.1) is 0 Å². The fourth-order valence-corrected chi connectivity index (χ4v) is 1.96. The predicted molar refractivity (Wildman–Crippen MR) is 59.6 cm³/mol. The molecule has 1 aliphatic heterocycles. The Labute approximate surface area is 91.6 Å². The second-order valence-electron chi connectivity index (χ2n) is 4.15. The number of carbonyl (C=O) groups excluding carboxylic acids is 1. The van der Waals surface area contributed by atoms with Crippen molar-refractivity contribution in [2.75, 3.05) is 26.2 Å². The van der Waals surface area contributed by atoms with Crippen LogP contribution in [0.1, 0.15) is 32.6 Å². The fraction of sp³-hybridized carbons (Fsp3) is 0.909. The van der Waals surface area contributed by atoms with Crippen molar-refractivity contribution in [3.8, 4) is 0 Å². The van der Waals surface area contributed by atoms with Gasteiger partial charge in [0, 0.05) is 12.6 Å². The molecule has 1 atom stereocenters. The van der Waals surface area contributed by atoms with Crippen molar-refractivity contribution in [2.45, 2.75) is 38.6 Å². The number of unbranched alkanes of at least 4 members (excludes halogenated alkanes) is 1. The number of aliphatic hydroxyl groups is 1. The van der Waals surface area contributed by atoms with E-state index in [1.165, 1.54) is 0 Å². The molecule has 0 aliphatic carbocycles. The number of nitrogens with one attached hydrogen (secondary N) is 1. The van der Waals surface area contributed by atoms with Crippen molar-refractivity contribution in [1.82, 2.24) is 10.2 Å². The highest BCUT2D eigenvalue weighted by molar-refractivity contribution is 5.78. The van der Waals surface area contributed by atoms with Gasteiger partial charge < -0.3 is 10.4 Å². The molecule has 0 aromatic heterocycles. The summed E-state index contributed by atoms with van der Waals surface area (Å²) in [4.78, 5) is 13.6. The van der Waals surface area contributed by atoms with Crippen LogP contribution < -0.4 is 5.32 Å². The average molecular weight is 214 g/mol. The second kappa shape index (κ2) is 6.80. The molecule has 0 spiro atoms. The molecule has 0 saturated carbocycles. The first kappa shape index (κ1) is 12.5. The van der Waals surface area contributed by atoms with E-state index in [0.29, 0.717) is 6.54 Å². The van der Waals surface area contributed by atoms with E-state index >= 15 is 0 Å². The molecule has 1 aliphatic rings. The lowest BCUT2D eigenvalue weighted by atomic mass is 10.2. The van der Waals surface area contributed by atoms with Crippen LogP contribution >= 0.6 is 0 Å². The van der Waals surface area contributed by atoms with Gasteiger partial charge in [0.1, 0.15) is 0 Å². The summed E-state index contributed by atoms with van der Waals surface area (Å²) in [6.45, 7) is 4.42. The van der Waals surface area contributed by atoms with Gasteiger partial charge in [-0.05, 0) is 25.8 Å². The van der Waals surface area contributed by atoms with Crippen LogP contribution in [0.15, 0.2) is 0 Å². The van der Waals surface area contributed by atoms with E-state index in [9.17, 15) is 4.79 Å². The van der Waals surface area contributed by atoms with Crippen LogP contribution in [0.4, 0.5) is 0 Å². The highest BCUT2D eigenvalue weighted by atomic mass is 16.3.